The summed E-state index contributed by atoms with van der Waals surface area (Å²) in [5.41, 5.74) is 0.925. The number of rotatable bonds is 8. The third kappa shape index (κ3) is 5.05. The molecule has 20 heavy (non-hydrogen) atoms. The Bertz CT molecular complexity index is 502. The number of nitrogens with zero attached hydrogens (tertiary/aromatic N) is 1. The SMILES string of the molecule is CCCNCC(C)S(=O)(=O)N(C)Cc1ccc(Cl)cc1. The second-order valence-corrected chi connectivity index (χ2v) is 7.84. The molecule has 1 atom stereocenters. The highest BCUT2D eigenvalue weighted by molar-refractivity contribution is 7.89. The molecule has 0 bridgehead atoms. The van der Waals surface area contributed by atoms with Gasteiger partial charge < -0.3 is 5.32 Å². The Kier molecular flexibility index (Phi) is 6.95. The van der Waals surface area contributed by atoms with Crippen LogP contribution < -0.4 is 5.32 Å². The average Bonchev–Trinajstić information content (AvgIpc) is 2.41. The van der Waals surface area contributed by atoms with Crippen molar-refractivity contribution >= 4 is 21.6 Å². The lowest BCUT2D eigenvalue weighted by molar-refractivity contribution is 0.453. The van der Waals surface area contributed by atoms with E-state index in [1.54, 1.807) is 26.1 Å². The monoisotopic (exact) mass is 318 g/mol. The van der Waals surface area contributed by atoms with Crippen molar-refractivity contribution in [3.63, 3.8) is 0 Å². The molecule has 0 amide bonds. The summed E-state index contributed by atoms with van der Waals surface area (Å²) in [4.78, 5) is 0. The van der Waals surface area contributed by atoms with E-state index in [0.717, 1.165) is 18.5 Å². The van der Waals surface area contributed by atoms with Crippen LogP contribution in [0.3, 0.4) is 0 Å². The molecule has 0 aromatic heterocycles. The quantitative estimate of drug-likeness (QED) is 0.749. The normalized spacial score (nSPS) is 13.7. The van der Waals surface area contributed by atoms with Gasteiger partial charge in [-0.2, -0.15) is 0 Å². The Morgan fingerprint density at radius 3 is 2.45 bits per heavy atom. The van der Waals surface area contributed by atoms with Crippen LogP contribution in [0.2, 0.25) is 5.02 Å². The maximum atomic E-state index is 12.4. The van der Waals surface area contributed by atoms with Crippen LogP contribution in [0.25, 0.3) is 0 Å². The lowest BCUT2D eigenvalue weighted by Gasteiger charge is -2.22. The molecule has 1 aromatic carbocycles. The zero-order valence-electron chi connectivity index (χ0n) is 12.3. The van der Waals surface area contributed by atoms with Gasteiger partial charge in [-0.1, -0.05) is 30.7 Å². The minimum absolute atomic E-state index is 0.359. The maximum absolute atomic E-state index is 12.4. The van der Waals surface area contributed by atoms with Crippen molar-refractivity contribution in [2.24, 2.45) is 0 Å². The number of hydrogen-bond donors (Lipinski definition) is 1. The minimum atomic E-state index is -3.29. The van der Waals surface area contributed by atoms with Gasteiger partial charge in [0.25, 0.3) is 0 Å². The Balaban J connectivity index is 2.64. The molecule has 0 radical (unpaired) electrons. The largest absolute Gasteiger partial charge is 0.315 e. The van der Waals surface area contributed by atoms with Gasteiger partial charge in [0.2, 0.25) is 10.0 Å². The fraction of sp³-hybridized carbons (Fsp3) is 0.571. The van der Waals surface area contributed by atoms with E-state index in [4.69, 9.17) is 11.6 Å². The van der Waals surface area contributed by atoms with Gasteiger partial charge in [-0.05, 0) is 37.6 Å². The molecule has 0 aliphatic carbocycles. The molecular formula is C14H23ClN2O2S. The summed E-state index contributed by atoms with van der Waals surface area (Å²) in [6.07, 6.45) is 0.993. The van der Waals surface area contributed by atoms with Gasteiger partial charge >= 0.3 is 0 Å². The second kappa shape index (κ2) is 7.98. The fourth-order valence-electron chi connectivity index (χ4n) is 1.83. The molecule has 114 valence electrons. The van der Waals surface area contributed by atoms with Gasteiger partial charge in [-0.3, -0.25) is 0 Å². The summed E-state index contributed by atoms with van der Waals surface area (Å²) in [6.45, 7) is 5.45. The molecule has 0 spiro atoms. The van der Waals surface area contributed by atoms with Crippen LogP contribution in [-0.2, 0) is 16.6 Å². The van der Waals surface area contributed by atoms with Crippen LogP contribution in [0, 0.1) is 0 Å². The van der Waals surface area contributed by atoms with Gasteiger partial charge in [0.05, 0.1) is 5.25 Å². The van der Waals surface area contributed by atoms with E-state index in [2.05, 4.69) is 12.2 Å². The number of sulfonamides is 1. The molecule has 0 saturated carbocycles. The third-order valence-corrected chi connectivity index (χ3v) is 5.55. The summed E-state index contributed by atoms with van der Waals surface area (Å²) in [5, 5.41) is 3.35. The zero-order chi connectivity index (χ0) is 15.2. The average molecular weight is 319 g/mol. The summed E-state index contributed by atoms with van der Waals surface area (Å²) in [5.74, 6) is 0. The molecule has 0 aliphatic rings. The highest BCUT2D eigenvalue weighted by Gasteiger charge is 2.25. The van der Waals surface area contributed by atoms with Crippen LogP contribution in [-0.4, -0.2) is 38.1 Å². The Labute approximate surface area is 127 Å². The highest BCUT2D eigenvalue weighted by Crippen LogP contribution is 2.14. The van der Waals surface area contributed by atoms with Crippen molar-refractivity contribution in [1.29, 1.82) is 0 Å². The molecule has 4 nitrogen and oxygen atoms in total. The van der Waals surface area contributed by atoms with Gasteiger partial charge in [0.15, 0.2) is 0 Å². The van der Waals surface area contributed by atoms with Crippen molar-refractivity contribution in [3.8, 4) is 0 Å². The van der Waals surface area contributed by atoms with Crippen LogP contribution in [0.4, 0.5) is 0 Å². The molecule has 6 heteroatoms. The van der Waals surface area contributed by atoms with E-state index in [1.165, 1.54) is 4.31 Å². The van der Waals surface area contributed by atoms with E-state index >= 15 is 0 Å². The lowest BCUT2D eigenvalue weighted by Crippen LogP contribution is -2.40. The molecule has 1 N–H and O–H groups in total. The standard InChI is InChI=1S/C14H23ClN2O2S/c1-4-9-16-10-12(2)20(18,19)17(3)11-13-5-7-14(15)8-6-13/h5-8,12,16H,4,9-11H2,1-3H3. The van der Waals surface area contributed by atoms with Crippen molar-refractivity contribution in [2.45, 2.75) is 32.1 Å². The summed E-state index contributed by atoms with van der Waals surface area (Å²) in [6, 6.07) is 7.22. The van der Waals surface area contributed by atoms with Crippen molar-refractivity contribution < 1.29 is 8.42 Å². The van der Waals surface area contributed by atoms with Gasteiger partial charge in [-0.15, -0.1) is 0 Å². The predicted octanol–water partition coefficient (Wildman–Crippen LogP) is 2.49. The molecule has 1 aromatic rings. The summed E-state index contributed by atoms with van der Waals surface area (Å²) in [7, 11) is -1.68. The summed E-state index contributed by atoms with van der Waals surface area (Å²) >= 11 is 5.82. The van der Waals surface area contributed by atoms with E-state index in [0.29, 0.717) is 18.1 Å². The Morgan fingerprint density at radius 2 is 1.90 bits per heavy atom. The molecule has 0 saturated heterocycles. The number of nitrogens with one attached hydrogen (secondary N) is 1. The van der Waals surface area contributed by atoms with Crippen molar-refractivity contribution in [3.05, 3.63) is 34.9 Å². The van der Waals surface area contributed by atoms with E-state index in [9.17, 15) is 8.42 Å². The van der Waals surface area contributed by atoms with Crippen molar-refractivity contribution in [2.75, 3.05) is 20.1 Å². The summed E-state index contributed by atoms with van der Waals surface area (Å²) < 4.78 is 26.1. The van der Waals surface area contributed by atoms with Gasteiger partial charge in [0, 0.05) is 25.2 Å². The van der Waals surface area contributed by atoms with Crippen LogP contribution in [0.5, 0.6) is 0 Å². The zero-order valence-corrected chi connectivity index (χ0v) is 13.8. The molecule has 0 heterocycles. The topological polar surface area (TPSA) is 49.4 Å². The Morgan fingerprint density at radius 1 is 1.30 bits per heavy atom. The fourth-order valence-corrected chi connectivity index (χ4v) is 3.23. The van der Waals surface area contributed by atoms with Crippen molar-refractivity contribution in [1.82, 2.24) is 9.62 Å². The number of hydrogen-bond acceptors (Lipinski definition) is 3. The van der Waals surface area contributed by atoms with E-state index < -0.39 is 15.3 Å². The lowest BCUT2D eigenvalue weighted by atomic mass is 10.2. The first kappa shape index (κ1) is 17.4. The predicted molar refractivity (Wildman–Crippen MR) is 84.5 cm³/mol. The Hall–Kier alpha value is -0.620. The highest BCUT2D eigenvalue weighted by atomic mass is 35.5. The first-order chi connectivity index (χ1) is 9.37. The smallest absolute Gasteiger partial charge is 0.218 e. The molecule has 0 fully saturated rings. The first-order valence-corrected chi connectivity index (χ1v) is 8.66. The van der Waals surface area contributed by atoms with Gasteiger partial charge in [0.1, 0.15) is 0 Å². The molecule has 1 unspecified atom stereocenters. The van der Waals surface area contributed by atoms with E-state index in [1.807, 2.05) is 12.1 Å². The van der Waals surface area contributed by atoms with Gasteiger partial charge in [-0.25, -0.2) is 12.7 Å². The maximum Gasteiger partial charge on any atom is 0.218 e. The number of halogens is 1. The minimum Gasteiger partial charge on any atom is -0.315 e. The van der Waals surface area contributed by atoms with Crippen LogP contribution in [0.15, 0.2) is 24.3 Å². The van der Waals surface area contributed by atoms with E-state index in [-0.39, 0.29) is 0 Å². The second-order valence-electron chi connectivity index (χ2n) is 4.94. The molecular weight excluding hydrogens is 296 g/mol. The molecule has 0 aliphatic heterocycles. The molecule has 1 rings (SSSR count). The van der Waals surface area contributed by atoms with Crippen LogP contribution in [0.1, 0.15) is 25.8 Å². The van der Waals surface area contributed by atoms with Crippen LogP contribution >= 0.6 is 11.6 Å². The first-order valence-electron chi connectivity index (χ1n) is 6.78. The number of benzene rings is 1. The third-order valence-electron chi connectivity index (χ3n) is 3.12.